The van der Waals surface area contributed by atoms with Crippen LogP contribution in [0.4, 0.5) is 5.69 Å². The van der Waals surface area contributed by atoms with Crippen LogP contribution < -0.4 is 0 Å². The SMILES string of the molecule is Cn1nc(C(C)(C)C)cc1-c1cccc([N+](=O)[O-])c1. The van der Waals surface area contributed by atoms with Crippen molar-refractivity contribution in [3.05, 3.63) is 46.1 Å². The molecule has 0 saturated heterocycles. The molecular weight excluding hydrogens is 242 g/mol. The summed E-state index contributed by atoms with van der Waals surface area (Å²) in [4.78, 5) is 10.4. The van der Waals surface area contributed by atoms with E-state index in [0.717, 1.165) is 17.0 Å². The van der Waals surface area contributed by atoms with E-state index in [9.17, 15) is 10.1 Å². The fourth-order valence-electron chi connectivity index (χ4n) is 1.88. The molecule has 2 aromatic rings. The van der Waals surface area contributed by atoms with Crippen molar-refractivity contribution in [1.82, 2.24) is 9.78 Å². The first-order valence-electron chi connectivity index (χ1n) is 6.08. The summed E-state index contributed by atoms with van der Waals surface area (Å²) < 4.78 is 1.76. The molecule has 0 fully saturated rings. The van der Waals surface area contributed by atoms with E-state index < -0.39 is 0 Å². The largest absolute Gasteiger partial charge is 0.270 e. The molecule has 0 N–H and O–H groups in total. The highest BCUT2D eigenvalue weighted by molar-refractivity contribution is 5.63. The summed E-state index contributed by atoms with van der Waals surface area (Å²) in [5.41, 5.74) is 2.71. The van der Waals surface area contributed by atoms with Gasteiger partial charge in [0.15, 0.2) is 0 Å². The van der Waals surface area contributed by atoms with E-state index in [2.05, 4.69) is 25.9 Å². The Kier molecular flexibility index (Phi) is 3.14. The maximum Gasteiger partial charge on any atom is 0.270 e. The fraction of sp³-hybridized carbons (Fsp3) is 0.357. The number of benzene rings is 1. The second-order valence-corrected chi connectivity index (χ2v) is 5.60. The highest BCUT2D eigenvalue weighted by atomic mass is 16.6. The van der Waals surface area contributed by atoms with Gasteiger partial charge in [-0.15, -0.1) is 0 Å². The third kappa shape index (κ3) is 2.65. The topological polar surface area (TPSA) is 61.0 Å². The van der Waals surface area contributed by atoms with Gasteiger partial charge in [-0.3, -0.25) is 14.8 Å². The van der Waals surface area contributed by atoms with Crippen LogP contribution in [0, 0.1) is 10.1 Å². The Hall–Kier alpha value is -2.17. The Morgan fingerprint density at radius 3 is 2.47 bits per heavy atom. The van der Waals surface area contributed by atoms with Gasteiger partial charge in [0.1, 0.15) is 0 Å². The van der Waals surface area contributed by atoms with Crippen LogP contribution in [0.1, 0.15) is 26.5 Å². The van der Waals surface area contributed by atoms with Crippen LogP contribution in [0.2, 0.25) is 0 Å². The zero-order valence-corrected chi connectivity index (χ0v) is 11.5. The Bertz CT molecular complexity index is 624. The maximum atomic E-state index is 10.8. The van der Waals surface area contributed by atoms with Gasteiger partial charge in [-0.25, -0.2) is 0 Å². The van der Waals surface area contributed by atoms with Crippen LogP contribution in [0.25, 0.3) is 11.3 Å². The van der Waals surface area contributed by atoms with Crippen LogP contribution in [0.15, 0.2) is 30.3 Å². The van der Waals surface area contributed by atoms with Crippen molar-refractivity contribution in [3.63, 3.8) is 0 Å². The predicted octanol–water partition coefficient (Wildman–Crippen LogP) is 3.29. The van der Waals surface area contributed by atoms with E-state index in [1.807, 2.05) is 19.2 Å². The molecule has 0 bridgehead atoms. The highest BCUT2D eigenvalue weighted by Crippen LogP contribution is 2.28. The van der Waals surface area contributed by atoms with Gasteiger partial charge in [0, 0.05) is 30.2 Å². The molecule has 5 nitrogen and oxygen atoms in total. The van der Waals surface area contributed by atoms with E-state index in [-0.39, 0.29) is 16.0 Å². The Labute approximate surface area is 112 Å². The van der Waals surface area contributed by atoms with E-state index in [0.29, 0.717) is 0 Å². The van der Waals surface area contributed by atoms with Gasteiger partial charge < -0.3 is 0 Å². The number of nitro benzene ring substituents is 1. The van der Waals surface area contributed by atoms with Gasteiger partial charge in [-0.1, -0.05) is 32.9 Å². The van der Waals surface area contributed by atoms with E-state index in [4.69, 9.17) is 0 Å². The molecule has 5 heteroatoms. The van der Waals surface area contributed by atoms with Gasteiger partial charge in [0.25, 0.3) is 5.69 Å². The van der Waals surface area contributed by atoms with Crippen LogP contribution in [-0.2, 0) is 12.5 Å². The number of rotatable bonds is 2. The average molecular weight is 259 g/mol. The van der Waals surface area contributed by atoms with Crippen molar-refractivity contribution in [3.8, 4) is 11.3 Å². The van der Waals surface area contributed by atoms with Gasteiger partial charge in [0.2, 0.25) is 0 Å². The van der Waals surface area contributed by atoms with Gasteiger partial charge in [0.05, 0.1) is 16.3 Å². The molecular formula is C14H17N3O2. The van der Waals surface area contributed by atoms with Crippen molar-refractivity contribution in [2.24, 2.45) is 7.05 Å². The number of aryl methyl sites for hydroxylation is 1. The number of non-ortho nitro benzene ring substituents is 1. The summed E-state index contributed by atoms with van der Waals surface area (Å²) in [5.74, 6) is 0. The number of nitrogens with zero attached hydrogens (tertiary/aromatic N) is 3. The van der Waals surface area contributed by atoms with Crippen molar-refractivity contribution < 1.29 is 4.92 Å². The summed E-state index contributed by atoms with van der Waals surface area (Å²) in [6, 6.07) is 8.60. The minimum absolute atomic E-state index is 0.0449. The van der Waals surface area contributed by atoms with Crippen molar-refractivity contribution in [2.45, 2.75) is 26.2 Å². The van der Waals surface area contributed by atoms with Crippen molar-refractivity contribution in [2.75, 3.05) is 0 Å². The smallest absolute Gasteiger partial charge is 0.268 e. The molecule has 0 aliphatic carbocycles. The summed E-state index contributed by atoms with van der Waals surface area (Å²) in [7, 11) is 1.85. The van der Waals surface area contributed by atoms with E-state index in [1.165, 1.54) is 6.07 Å². The second kappa shape index (κ2) is 4.50. The lowest BCUT2D eigenvalue weighted by Crippen LogP contribution is -2.12. The molecule has 1 heterocycles. The molecule has 0 spiro atoms. The van der Waals surface area contributed by atoms with Gasteiger partial charge in [-0.05, 0) is 6.07 Å². The first-order valence-corrected chi connectivity index (χ1v) is 6.08. The highest BCUT2D eigenvalue weighted by Gasteiger charge is 2.20. The van der Waals surface area contributed by atoms with Crippen LogP contribution in [-0.4, -0.2) is 14.7 Å². The van der Waals surface area contributed by atoms with E-state index in [1.54, 1.807) is 16.8 Å². The van der Waals surface area contributed by atoms with Gasteiger partial charge in [-0.2, -0.15) is 5.10 Å². The number of nitro groups is 1. The van der Waals surface area contributed by atoms with Crippen LogP contribution >= 0.6 is 0 Å². The fourth-order valence-corrected chi connectivity index (χ4v) is 1.88. The molecule has 0 aliphatic rings. The molecule has 1 aromatic heterocycles. The first kappa shape index (κ1) is 13.3. The average Bonchev–Trinajstić information content (AvgIpc) is 2.71. The zero-order chi connectivity index (χ0) is 14.2. The Morgan fingerprint density at radius 1 is 1.26 bits per heavy atom. The zero-order valence-electron chi connectivity index (χ0n) is 11.5. The quantitative estimate of drug-likeness (QED) is 0.614. The number of hydrogen-bond donors (Lipinski definition) is 0. The maximum absolute atomic E-state index is 10.8. The minimum atomic E-state index is -0.384. The summed E-state index contributed by atoms with van der Waals surface area (Å²) in [5, 5.41) is 15.3. The lowest BCUT2D eigenvalue weighted by atomic mass is 9.92. The molecule has 1 aromatic carbocycles. The van der Waals surface area contributed by atoms with E-state index >= 15 is 0 Å². The summed E-state index contributed by atoms with van der Waals surface area (Å²) in [6.45, 7) is 6.27. The molecule has 19 heavy (non-hydrogen) atoms. The molecule has 100 valence electrons. The Morgan fingerprint density at radius 2 is 1.95 bits per heavy atom. The third-order valence-corrected chi connectivity index (χ3v) is 3.00. The van der Waals surface area contributed by atoms with Gasteiger partial charge >= 0.3 is 0 Å². The molecule has 0 atom stereocenters. The molecule has 0 amide bonds. The third-order valence-electron chi connectivity index (χ3n) is 3.00. The first-order chi connectivity index (χ1) is 8.79. The predicted molar refractivity (Wildman–Crippen MR) is 74.0 cm³/mol. The molecule has 0 unspecified atom stereocenters. The standard InChI is InChI=1S/C14H17N3O2/c1-14(2,3)13-9-12(16(4)15-13)10-6-5-7-11(8-10)17(18)19/h5-9H,1-4H3. The molecule has 2 rings (SSSR count). The second-order valence-electron chi connectivity index (χ2n) is 5.60. The number of hydrogen-bond acceptors (Lipinski definition) is 3. The monoisotopic (exact) mass is 259 g/mol. The Balaban J connectivity index is 2.50. The van der Waals surface area contributed by atoms with Crippen molar-refractivity contribution >= 4 is 5.69 Å². The van der Waals surface area contributed by atoms with Crippen molar-refractivity contribution in [1.29, 1.82) is 0 Å². The molecule has 0 radical (unpaired) electrons. The lowest BCUT2D eigenvalue weighted by Gasteiger charge is -2.13. The normalized spacial score (nSPS) is 11.6. The summed E-state index contributed by atoms with van der Waals surface area (Å²) in [6.07, 6.45) is 0. The summed E-state index contributed by atoms with van der Waals surface area (Å²) >= 11 is 0. The minimum Gasteiger partial charge on any atom is -0.268 e. The number of aromatic nitrogens is 2. The van der Waals surface area contributed by atoms with Crippen LogP contribution in [0.3, 0.4) is 0 Å². The molecule has 0 aliphatic heterocycles. The molecule has 0 saturated carbocycles. The van der Waals surface area contributed by atoms with Crippen LogP contribution in [0.5, 0.6) is 0 Å². The lowest BCUT2D eigenvalue weighted by molar-refractivity contribution is -0.384.